The number of phosphoric acid groups is 1. The van der Waals surface area contributed by atoms with Crippen LogP contribution in [0.4, 0.5) is 0 Å². The van der Waals surface area contributed by atoms with Gasteiger partial charge >= 0.3 is 0 Å². The van der Waals surface area contributed by atoms with Gasteiger partial charge in [0.15, 0.2) is 0 Å². The number of hydrogen-bond acceptors (Lipinski definition) is 6. The van der Waals surface area contributed by atoms with Crippen molar-refractivity contribution in [2.45, 2.75) is 302 Å². The number of unbranched alkanes of at least 4 members (excludes halogenated alkanes) is 38. The monoisotopic (exact) mass is 941 g/mol. The van der Waals surface area contributed by atoms with Gasteiger partial charge in [0.2, 0.25) is 5.91 Å². The highest BCUT2D eigenvalue weighted by molar-refractivity contribution is 7.45. The van der Waals surface area contributed by atoms with E-state index in [1.54, 1.807) is 0 Å². The van der Waals surface area contributed by atoms with E-state index in [1.807, 2.05) is 21.1 Å². The molecule has 0 aliphatic heterocycles. The van der Waals surface area contributed by atoms with Crippen LogP contribution in [-0.4, -0.2) is 68.5 Å². The van der Waals surface area contributed by atoms with E-state index in [4.69, 9.17) is 9.05 Å². The van der Waals surface area contributed by atoms with E-state index in [9.17, 15) is 19.4 Å². The Kier molecular flexibility index (Phi) is 47.7. The zero-order chi connectivity index (χ0) is 47.8. The normalized spacial score (nSPS) is 14.0. The minimum absolute atomic E-state index is 0.0143. The molecule has 0 spiro atoms. The molecule has 0 heterocycles. The summed E-state index contributed by atoms with van der Waals surface area (Å²) in [5, 5.41) is 14.0. The largest absolute Gasteiger partial charge is 0.756 e. The van der Waals surface area contributed by atoms with E-state index < -0.39 is 20.0 Å². The van der Waals surface area contributed by atoms with Gasteiger partial charge in [-0.15, -0.1) is 0 Å². The van der Waals surface area contributed by atoms with Crippen LogP contribution in [0.25, 0.3) is 0 Å². The first-order valence-corrected chi connectivity index (χ1v) is 30.0. The first-order chi connectivity index (χ1) is 31.5. The number of allylic oxidation sites excluding steroid dienone is 2. The Morgan fingerprint density at radius 2 is 0.846 bits per heavy atom. The standard InChI is InChI=1S/C56H113N2O6P/c1-6-8-10-12-14-16-18-20-22-24-26-28-30-31-33-35-37-39-41-43-45-47-49-55(59)54(53-64-65(61,62)63-52-51-58(3,4)5)57-56(60)50-48-46-44-42-40-38-36-34-32-29-27-25-23-21-19-17-15-13-11-9-7-2/h25,27,54-55,59H,6-24,26,28-53H2,1-5H3,(H-,57,60,61,62)/b27-25-. The smallest absolute Gasteiger partial charge is 0.268 e. The van der Waals surface area contributed by atoms with E-state index in [2.05, 4.69) is 31.3 Å². The van der Waals surface area contributed by atoms with Crippen LogP contribution in [0.2, 0.25) is 0 Å². The summed E-state index contributed by atoms with van der Waals surface area (Å²) in [6, 6.07) is -0.799. The third-order valence-electron chi connectivity index (χ3n) is 13.3. The molecule has 0 radical (unpaired) electrons. The van der Waals surface area contributed by atoms with Gasteiger partial charge in [-0.2, -0.15) is 0 Å². The van der Waals surface area contributed by atoms with Crippen molar-refractivity contribution in [3.8, 4) is 0 Å². The maximum absolute atomic E-state index is 13.0. The summed E-state index contributed by atoms with van der Waals surface area (Å²) in [6.45, 7) is 4.76. The lowest BCUT2D eigenvalue weighted by molar-refractivity contribution is -0.870. The zero-order valence-electron chi connectivity index (χ0n) is 44.2. The summed E-state index contributed by atoms with van der Waals surface area (Å²) in [5.74, 6) is -0.162. The summed E-state index contributed by atoms with van der Waals surface area (Å²) >= 11 is 0. The Bertz CT molecular complexity index is 1070. The minimum atomic E-state index is -4.57. The van der Waals surface area contributed by atoms with Crippen LogP contribution < -0.4 is 10.2 Å². The fraction of sp³-hybridized carbons (Fsp3) is 0.946. The predicted molar refractivity (Wildman–Crippen MR) is 279 cm³/mol. The molecule has 0 saturated carbocycles. The number of likely N-dealkylation sites (N-methyl/N-ethyl adjacent to an activating group) is 1. The molecule has 0 saturated heterocycles. The number of quaternary nitrogens is 1. The number of nitrogens with one attached hydrogen (secondary N) is 1. The number of rotatable bonds is 53. The van der Waals surface area contributed by atoms with E-state index in [0.29, 0.717) is 23.9 Å². The highest BCUT2D eigenvalue weighted by Crippen LogP contribution is 2.38. The number of carbonyl (C=O) groups is 1. The Hall–Kier alpha value is -0.760. The summed E-state index contributed by atoms with van der Waals surface area (Å²) < 4.78 is 23.4. The molecular weight excluding hydrogens is 828 g/mol. The Morgan fingerprint density at radius 3 is 1.20 bits per heavy atom. The van der Waals surface area contributed by atoms with Crippen LogP contribution in [0.1, 0.15) is 290 Å². The van der Waals surface area contributed by atoms with Crippen molar-refractivity contribution in [1.29, 1.82) is 0 Å². The van der Waals surface area contributed by atoms with Crippen LogP contribution in [0.5, 0.6) is 0 Å². The molecule has 3 unspecified atom stereocenters. The van der Waals surface area contributed by atoms with Crippen molar-refractivity contribution >= 4 is 13.7 Å². The van der Waals surface area contributed by atoms with Crippen molar-refractivity contribution in [2.24, 2.45) is 0 Å². The van der Waals surface area contributed by atoms with Gasteiger partial charge in [-0.25, -0.2) is 0 Å². The Morgan fingerprint density at radius 1 is 0.523 bits per heavy atom. The average Bonchev–Trinajstić information content (AvgIpc) is 3.26. The first-order valence-electron chi connectivity index (χ1n) is 28.5. The quantitative estimate of drug-likeness (QED) is 0.0272. The second kappa shape index (κ2) is 48.3. The van der Waals surface area contributed by atoms with Crippen LogP contribution in [-0.2, 0) is 18.4 Å². The van der Waals surface area contributed by atoms with E-state index >= 15 is 0 Å². The van der Waals surface area contributed by atoms with Gasteiger partial charge < -0.3 is 28.8 Å². The third-order valence-corrected chi connectivity index (χ3v) is 14.2. The van der Waals surface area contributed by atoms with Gasteiger partial charge in [-0.05, 0) is 38.5 Å². The fourth-order valence-corrected chi connectivity index (χ4v) is 9.47. The van der Waals surface area contributed by atoms with Gasteiger partial charge in [0.1, 0.15) is 13.2 Å². The van der Waals surface area contributed by atoms with Crippen LogP contribution >= 0.6 is 7.82 Å². The number of nitrogens with zero attached hydrogens (tertiary/aromatic N) is 1. The molecule has 0 fully saturated rings. The van der Waals surface area contributed by atoms with Crippen molar-refractivity contribution in [3.63, 3.8) is 0 Å². The van der Waals surface area contributed by atoms with Crippen LogP contribution in [0.15, 0.2) is 12.2 Å². The lowest BCUT2D eigenvalue weighted by Crippen LogP contribution is -2.46. The zero-order valence-corrected chi connectivity index (χ0v) is 45.1. The maximum atomic E-state index is 13.0. The van der Waals surface area contributed by atoms with Crippen LogP contribution in [0, 0.1) is 0 Å². The molecule has 0 rings (SSSR count). The molecule has 9 heteroatoms. The number of hydrogen-bond donors (Lipinski definition) is 2. The molecule has 388 valence electrons. The van der Waals surface area contributed by atoms with Crippen LogP contribution in [0.3, 0.4) is 0 Å². The number of carbonyl (C=O) groups excluding carboxylic acids is 1. The van der Waals surface area contributed by atoms with Crippen molar-refractivity contribution in [1.82, 2.24) is 5.32 Å². The van der Waals surface area contributed by atoms with Gasteiger partial charge in [0.05, 0.1) is 39.9 Å². The van der Waals surface area contributed by atoms with Crippen molar-refractivity contribution < 1.29 is 32.9 Å². The molecule has 2 N–H and O–H groups in total. The molecule has 0 aliphatic rings. The lowest BCUT2D eigenvalue weighted by atomic mass is 10.0. The highest BCUT2D eigenvalue weighted by Gasteiger charge is 2.24. The van der Waals surface area contributed by atoms with Gasteiger partial charge in [0.25, 0.3) is 7.82 Å². The molecule has 65 heavy (non-hydrogen) atoms. The number of aliphatic hydroxyl groups excluding tert-OH is 1. The number of aliphatic hydroxyl groups is 1. The van der Waals surface area contributed by atoms with E-state index in [-0.39, 0.29) is 19.1 Å². The van der Waals surface area contributed by atoms with E-state index in [1.165, 1.54) is 225 Å². The summed E-state index contributed by atoms with van der Waals surface area (Å²) in [4.78, 5) is 25.5. The summed E-state index contributed by atoms with van der Waals surface area (Å²) in [6.07, 6.45) is 58.1. The molecular formula is C56H113N2O6P. The molecule has 1 amide bonds. The molecule has 3 atom stereocenters. The second-order valence-electron chi connectivity index (χ2n) is 21.0. The minimum Gasteiger partial charge on any atom is -0.756 e. The maximum Gasteiger partial charge on any atom is 0.268 e. The fourth-order valence-electron chi connectivity index (χ4n) is 8.74. The molecule has 0 aliphatic carbocycles. The average molecular weight is 942 g/mol. The number of phosphoric ester groups is 1. The topological polar surface area (TPSA) is 108 Å². The molecule has 0 aromatic rings. The van der Waals surface area contributed by atoms with Gasteiger partial charge in [-0.3, -0.25) is 9.36 Å². The lowest BCUT2D eigenvalue weighted by Gasteiger charge is -2.30. The SMILES string of the molecule is CCCCCCCCCC/C=C\CCCCCCCCCCCC(=O)NC(COP(=O)([O-])OCC[N+](C)(C)C)C(O)CCCCCCCCCCCCCCCCCCCCCCCC. The second-order valence-corrected chi connectivity index (χ2v) is 22.4. The Labute approximate surface area is 405 Å². The number of amides is 1. The third kappa shape index (κ3) is 50.9. The summed E-state index contributed by atoms with van der Waals surface area (Å²) in [5.41, 5.74) is 0. The first kappa shape index (κ1) is 64.2. The highest BCUT2D eigenvalue weighted by atomic mass is 31.2. The van der Waals surface area contributed by atoms with Crippen molar-refractivity contribution in [3.05, 3.63) is 12.2 Å². The summed E-state index contributed by atoms with van der Waals surface area (Å²) in [7, 11) is 1.32. The van der Waals surface area contributed by atoms with Crippen molar-refractivity contribution in [2.75, 3.05) is 40.9 Å². The van der Waals surface area contributed by atoms with Gasteiger partial charge in [0, 0.05) is 6.42 Å². The van der Waals surface area contributed by atoms with E-state index in [0.717, 1.165) is 38.5 Å². The molecule has 0 aromatic carbocycles. The molecule has 0 bridgehead atoms. The molecule has 0 aromatic heterocycles. The van der Waals surface area contributed by atoms with Gasteiger partial charge in [-0.1, -0.05) is 257 Å². The molecule has 8 nitrogen and oxygen atoms in total. The predicted octanol–water partition coefficient (Wildman–Crippen LogP) is 16.4. The Balaban J connectivity index is 4.17.